The number of hydrogen-bond acceptors (Lipinski definition) is 6. The molecular weight excluding hydrogens is 298 g/mol. The summed E-state index contributed by atoms with van der Waals surface area (Å²) in [6, 6.07) is 4.55. The van der Waals surface area contributed by atoms with Crippen molar-refractivity contribution < 1.29 is 19.6 Å². The molecule has 0 radical (unpaired) electrons. The highest BCUT2D eigenvalue weighted by atomic mass is 32.2. The first-order chi connectivity index (χ1) is 9.85. The summed E-state index contributed by atoms with van der Waals surface area (Å²) in [6.07, 6.45) is 0. The predicted molar refractivity (Wildman–Crippen MR) is 73.8 cm³/mol. The molecular formula is C12H11N3O5S. The Kier molecular flexibility index (Phi) is 5.68. The first-order valence-electron chi connectivity index (χ1n) is 5.66. The average molecular weight is 309 g/mol. The van der Waals surface area contributed by atoms with Crippen LogP contribution >= 0.6 is 11.8 Å². The molecule has 0 aliphatic heterocycles. The first-order valence-corrected chi connectivity index (χ1v) is 6.65. The smallest absolute Gasteiger partial charge is 0.327 e. The van der Waals surface area contributed by atoms with Gasteiger partial charge in [0.1, 0.15) is 6.04 Å². The molecule has 9 heteroatoms. The molecule has 0 spiro atoms. The lowest BCUT2D eigenvalue weighted by molar-refractivity contribution is -0.387. The van der Waals surface area contributed by atoms with Gasteiger partial charge in [0.15, 0.2) is 0 Å². The zero-order valence-electron chi connectivity index (χ0n) is 10.9. The van der Waals surface area contributed by atoms with E-state index >= 15 is 0 Å². The monoisotopic (exact) mass is 309 g/mol. The molecule has 0 aliphatic carbocycles. The molecule has 1 aromatic carbocycles. The third-order valence-corrected chi connectivity index (χ3v) is 3.52. The van der Waals surface area contributed by atoms with Crippen molar-refractivity contribution in [2.24, 2.45) is 0 Å². The largest absolute Gasteiger partial charge is 0.480 e. The van der Waals surface area contributed by atoms with E-state index in [4.69, 9.17) is 10.4 Å². The summed E-state index contributed by atoms with van der Waals surface area (Å²) < 4.78 is 0. The van der Waals surface area contributed by atoms with Crippen LogP contribution in [0.25, 0.3) is 0 Å². The van der Waals surface area contributed by atoms with E-state index in [2.05, 4.69) is 5.32 Å². The molecule has 0 saturated carbocycles. The van der Waals surface area contributed by atoms with Gasteiger partial charge in [-0.2, -0.15) is 5.26 Å². The first kappa shape index (κ1) is 16.5. The number of aliphatic carboxylic acids is 1. The van der Waals surface area contributed by atoms with Crippen LogP contribution in [0.4, 0.5) is 5.69 Å². The minimum Gasteiger partial charge on any atom is -0.480 e. The lowest BCUT2D eigenvalue weighted by Crippen LogP contribution is -2.41. The van der Waals surface area contributed by atoms with E-state index in [-0.39, 0.29) is 21.9 Å². The van der Waals surface area contributed by atoms with E-state index in [1.54, 1.807) is 6.07 Å². The number of hydrogen-bond donors (Lipinski definition) is 2. The maximum absolute atomic E-state index is 11.0. The van der Waals surface area contributed by atoms with E-state index in [1.807, 2.05) is 0 Å². The third-order valence-electron chi connectivity index (χ3n) is 2.37. The Morgan fingerprint density at radius 2 is 2.24 bits per heavy atom. The molecule has 0 bridgehead atoms. The lowest BCUT2D eigenvalue weighted by atomic mass is 10.2. The lowest BCUT2D eigenvalue weighted by Gasteiger charge is -2.12. The van der Waals surface area contributed by atoms with Gasteiger partial charge in [0, 0.05) is 18.7 Å². The minimum absolute atomic E-state index is 0.0678. The fourth-order valence-corrected chi connectivity index (χ4v) is 2.46. The highest BCUT2D eigenvalue weighted by Gasteiger charge is 2.21. The normalized spacial score (nSPS) is 11.2. The summed E-state index contributed by atoms with van der Waals surface area (Å²) in [5.74, 6) is -1.80. The third kappa shape index (κ3) is 4.77. The molecule has 0 fully saturated rings. The summed E-state index contributed by atoms with van der Waals surface area (Å²) in [5.41, 5.74) is -0.131. The van der Waals surface area contributed by atoms with E-state index in [0.717, 1.165) is 17.8 Å². The van der Waals surface area contributed by atoms with E-state index in [9.17, 15) is 19.7 Å². The van der Waals surface area contributed by atoms with Crippen molar-refractivity contribution in [2.45, 2.75) is 17.9 Å². The Morgan fingerprint density at radius 3 is 2.71 bits per heavy atom. The van der Waals surface area contributed by atoms with Gasteiger partial charge in [-0.15, -0.1) is 11.8 Å². The van der Waals surface area contributed by atoms with Crippen LogP contribution in [0.1, 0.15) is 12.5 Å². The minimum atomic E-state index is -1.23. The van der Waals surface area contributed by atoms with Crippen molar-refractivity contribution in [3.05, 3.63) is 33.9 Å². The topological polar surface area (TPSA) is 133 Å². The second kappa shape index (κ2) is 7.25. The van der Waals surface area contributed by atoms with Crippen molar-refractivity contribution in [2.75, 3.05) is 5.75 Å². The molecule has 0 saturated heterocycles. The number of carbonyl (C=O) groups excluding carboxylic acids is 1. The fraction of sp³-hybridized carbons (Fsp3) is 0.250. The number of nitro benzene ring substituents is 1. The highest BCUT2D eigenvalue weighted by Crippen LogP contribution is 2.30. The molecule has 0 heterocycles. The van der Waals surface area contributed by atoms with Crippen molar-refractivity contribution in [1.82, 2.24) is 5.32 Å². The van der Waals surface area contributed by atoms with Crippen LogP contribution in [0.3, 0.4) is 0 Å². The number of nitro groups is 1. The SMILES string of the molecule is CC(=O)N[C@H](CSc1ccc(C#N)cc1[N+](=O)[O-])C(=O)O. The van der Waals surface area contributed by atoms with Crippen molar-refractivity contribution >= 4 is 29.3 Å². The summed E-state index contributed by atoms with van der Waals surface area (Å²) in [4.78, 5) is 32.4. The zero-order chi connectivity index (χ0) is 16.0. The quantitative estimate of drug-likeness (QED) is 0.457. The molecule has 21 heavy (non-hydrogen) atoms. The number of carbonyl (C=O) groups is 2. The average Bonchev–Trinajstić information content (AvgIpc) is 2.42. The molecule has 1 amide bonds. The van der Waals surface area contributed by atoms with Gasteiger partial charge in [-0.25, -0.2) is 4.79 Å². The highest BCUT2D eigenvalue weighted by molar-refractivity contribution is 7.99. The number of nitrogens with zero attached hydrogens (tertiary/aromatic N) is 2. The molecule has 0 unspecified atom stereocenters. The molecule has 1 rings (SSSR count). The number of amides is 1. The molecule has 2 N–H and O–H groups in total. The second-order valence-corrected chi connectivity index (χ2v) is 5.02. The molecule has 1 aromatic rings. The van der Waals surface area contributed by atoms with Crippen LogP contribution in [0.5, 0.6) is 0 Å². The Morgan fingerprint density at radius 1 is 1.57 bits per heavy atom. The standard InChI is InChI=1S/C12H11N3O5S/c1-7(16)14-9(12(17)18)6-21-11-3-2-8(5-13)4-10(11)15(19)20/h2-4,9H,6H2,1H3,(H,14,16)(H,17,18)/t9-/m1/s1. The van der Waals surface area contributed by atoms with Gasteiger partial charge < -0.3 is 10.4 Å². The number of nitrogens with one attached hydrogen (secondary N) is 1. The Labute approximate surface area is 123 Å². The number of nitriles is 1. The molecule has 0 aliphatic rings. The number of carboxylic acid groups (broad SMARTS) is 1. The summed E-state index contributed by atoms with van der Waals surface area (Å²) >= 11 is 0.926. The Bertz CT molecular complexity index is 626. The van der Waals surface area contributed by atoms with Crippen LogP contribution < -0.4 is 5.32 Å². The van der Waals surface area contributed by atoms with Crippen molar-refractivity contribution in [1.29, 1.82) is 5.26 Å². The van der Waals surface area contributed by atoms with Gasteiger partial charge in [-0.1, -0.05) is 0 Å². The van der Waals surface area contributed by atoms with Crippen LogP contribution in [0.2, 0.25) is 0 Å². The van der Waals surface area contributed by atoms with E-state index in [0.29, 0.717) is 0 Å². The van der Waals surface area contributed by atoms with Crippen LogP contribution in [0.15, 0.2) is 23.1 Å². The molecule has 0 aromatic heterocycles. The van der Waals surface area contributed by atoms with Gasteiger partial charge in [0.25, 0.3) is 5.69 Å². The maximum Gasteiger partial charge on any atom is 0.327 e. The number of carboxylic acids is 1. The number of benzene rings is 1. The summed E-state index contributed by atoms with van der Waals surface area (Å²) in [5, 5.41) is 30.9. The molecule has 110 valence electrons. The fourth-order valence-electron chi connectivity index (χ4n) is 1.44. The number of rotatable bonds is 6. The van der Waals surface area contributed by atoms with Crippen LogP contribution in [0, 0.1) is 21.4 Å². The molecule has 8 nitrogen and oxygen atoms in total. The van der Waals surface area contributed by atoms with Gasteiger partial charge in [-0.05, 0) is 12.1 Å². The van der Waals surface area contributed by atoms with E-state index in [1.165, 1.54) is 19.1 Å². The van der Waals surface area contributed by atoms with Crippen molar-refractivity contribution in [3.8, 4) is 6.07 Å². The summed E-state index contributed by atoms with van der Waals surface area (Å²) in [6.45, 7) is 1.19. The maximum atomic E-state index is 11.0. The Hall–Kier alpha value is -2.60. The second-order valence-electron chi connectivity index (χ2n) is 3.95. The number of thioether (sulfide) groups is 1. The van der Waals surface area contributed by atoms with Gasteiger partial charge >= 0.3 is 5.97 Å². The van der Waals surface area contributed by atoms with Gasteiger partial charge in [0.2, 0.25) is 5.91 Å². The summed E-state index contributed by atoms with van der Waals surface area (Å²) in [7, 11) is 0. The van der Waals surface area contributed by atoms with Crippen LogP contribution in [-0.2, 0) is 9.59 Å². The Balaban J connectivity index is 2.92. The van der Waals surface area contributed by atoms with Gasteiger partial charge in [-0.3, -0.25) is 14.9 Å². The molecule has 1 atom stereocenters. The van der Waals surface area contributed by atoms with Crippen LogP contribution in [-0.4, -0.2) is 33.7 Å². The van der Waals surface area contributed by atoms with Crippen molar-refractivity contribution in [3.63, 3.8) is 0 Å². The zero-order valence-corrected chi connectivity index (χ0v) is 11.7. The van der Waals surface area contributed by atoms with Gasteiger partial charge in [0.05, 0.1) is 21.5 Å². The van der Waals surface area contributed by atoms with E-state index < -0.39 is 22.8 Å². The predicted octanol–water partition coefficient (Wildman–Crippen LogP) is 1.15.